The van der Waals surface area contributed by atoms with E-state index < -0.39 is 12.3 Å². The lowest BCUT2D eigenvalue weighted by Crippen LogP contribution is -2.25. The molecule has 0 aliphatic rings. The van der Waals surface area contributed by atoms with Crippen molar-refractivity contribution in [2.45, 2.75) is 13.3 Å². The molecule has 90 valence electrons. The van der Waals surface area contributed by atoms with E-state index in [1.807, 2.05) is 0 Å². The maximum atomic E-state index is 13.3. The fourth-order valence-electron chi connectivity index (χ4n) is 1.05. The van der Waals surface area contributed by atoms with Crippen molar-refractivity contribution in [1.82, 2.24) is 0 Å². The van der Waals surface area contributed by atoms with Gasteiger partial charge in [0.2, 0.25) is 0 Å². The third-order valence-corrected chi connectivity index (χ3v) is 2.00. The van der Waals surface area contributed by atoms with Gasteiger partial charge in [-0.3, -0.25) is 0 Å². The van der Waals surface area contributed by atoms with Gasteiger partial charge in [0.05, 0.1) is 12.2 Å². The highest BCUT2D eigenvalue weighted by atomic mass is 35.5. The number of ether oxygens (including phenoxy) is 2. The fraction of sp³-hybridized carbons (Fsp3) is 0.273. The molecule has 0 N–H and O–H groups in total. The molecule has 1 rings (SSSR count). The van der Waals surface area contributed by atoms with E-state index in [0.717, 1.165) is 0 Å². The van der Waals surface area contributed by atoms with Crippen LogP contribution in [-0.4, -0.2) is 18.9 Å². The topological polar surface area (TPSA) is 59.3 Å². The van der Waals surface area contributed by atoms with Gasteiger partial charge in [-0.2, -0.15) is 9.65 Å². The molecule has 0 aromatic heterocycles. The molecule has 0 aliphatic carbocycles. The third kappa shape index (κ3) is 3.61. The first-order valence-electron chi connectivity index (χ1n) is 4.75. The number of rotatable bonds is 4. The Morgan fingerprint density at radius 1 is 1.65 bits per heavy atom. The number of hydrogen-bond acceptors (Lipinski definition) is 4. The van der Waals surface area contributed by atoms with Crippen LogP contribution in [0.3, 0.4) is 0 Å². The molecule has 1 atom stereocenters. The van der Waals surface area contributed by atoms with Crippen LogP contribution in [0.2, 0.25) is 5.02 Å². The van der Waals surface area contributed by atoms with Crippen LogP contribution >= 0.6 is 11.6 Å². The fourth-order valence-corrected chi connectivity index (χ4v) is 1.22. The number of alkyl halides is 1. The first kappa shape index (κ1) is 13.3. The van der Waals surface area contributed by atoms with Gasteiger partial charge in [0.15, 0.2) is 0 Å². The lowest BCUT2D eigenvalue weighted by molar-refractivity contribution is -0.159. The molecule has 0 aliphatic heterocycles. The quantitative estimate of drug-likeness (QED) is 0.778. The first-order valence-corrected chi connectivity index (χ1v) is 5.13. The minimum absolute atomic E-state index is 0.0449. The van der Waals surface area contributed by atoms with E-state index in [9.17, 15) is 9.18 Å². The normalized spacial score (nSPS) is 11.4. The SMILES string of the molecule is CCOC(=O)C(F)Oc1cc(Cl)ccc1C#N. The Morgan fingerprint density at radius 2 is 2.35 bits per heavy atom. The maximum Gasteiger partial charge on any atom is 0.381 e. The highest BCUT2D eigenvalue weighted by molar-refractivity contribution is 6.30. The highest BCUT2D eigenvalue weighted by Crippen LogP contribution is 2.24. The Hall–Kier alpha value is -1.80. The summed E-state index contributed by atoms with van der Waals surface area (Å²) in [7, 11) is 0. The van der Waals surface area contributed by atoms with Crippen molar-refractivity contribution in [2.24, 2.45) is 0 Å². The summed E-state index contributed by atoms with van der Waals surface area (Å²) in [5, 5.41) is 9.03. The average molecular weight is 258 g/mol. The van der Waals surface area contributed by atoms with Gasteiger partial charge in [0.1, 0.15) is 11.8 Å². The minimum Gasteiger partial charge on any atom is -0.461 e. The number of esters is 1. The van der Waals surface area contributed by atoms with E-state index in [0.29, 0.717) is 0 Å². The van der Waals surface area contributed by atoms with Gasteiger partial charge in [-0.25, -0.2) is 4.79 Å². The van der Waals surface area contributed by atoms with Crippen LogP contribution in [0.25, 0.3) is 0 Å². The van der Waals surface area contributed by atoms with Crippen LogP contribution in [0.5, 0.6) is 5.75 Å². The molecule has 0 bridgehead atoms. The van der Waals surface area contributed by atoms with Crippen LogP contribution in [-0.2, 0) is 9.53 Å². The van der Waals surface area contributed by atoms with Crippen LogP contribution in [0, 0.1) is 11.3 Å². The summed E-state index contributed by atoms with van der Waals surface area (Å²) in [6, 6.07) is 5.89. The number of carbonyl (C=O) groups is 1. The predicted molar refractivity (Wildman–Crippen MR) is 58.3 cm³/mol. The summed E-state index contributed by atoms with van der Waals surface area (Å²) in [5.74, 6) is -1.24. The minimum atomic E-state index is -2.28. The van der Waals surface area contributed by atoms with E-state index in [-0.39, 0.29) is 22.9 Å². The van der Waals surface area contributed by atoms with Gasteiger partial charge in [0, 0.05) is 11.1 Å². The van der Waals surface area contributed by atoms with E-state index >= 15 is 0 Å². The summed E-state index contributed by atoms with van der Waals surface area (Å²) in [5.41, 5.74) is 0.0846. The predicted octanol–water partition coefficient (Wildman–Crippen LogP) is 2.45. The van der Waals surface area contributed by atoms with Gasteiger partial charge >= 0.3 is 12.3 Å². The summed E-state index contributed by atoms with van der Waals surface area (Å²) in [4.78, 5) is 11.0. The molecule has 0 spiro atoms. The molecule has 0 fully saturated rings. The lowest BCUT2D eigenvalue weighted by atomic mass is 10.2. The van der Waals surface area contributed by atoms with Crippen molar-refractivity contribution >= 4 is 17.6 Å². The Kier molecular flexibility index (Phi) is 4.73. The average Bonchev–Trinajstić information content (AvgIpc) is 2.29. The molecule has 0 amide bonds. The molecule has 0 saturated heterocycles. The Balaban J connectivity index is 2.84. The lowest BCUT2D eigenvalue weighted by Gasteiger charge is -2.11. The van der Waals surface area contributed by atoms with E-state index in [2.05, 4.69) is 9.47 Å². The van der Waals surface area contributed by atoms with Crippen LogP contribution in [0.1, 0.15) is 12.5 Å². The zero-order chi connectivity index (χ0) is 12.8. The summed E-state index contributed by atoms with van der Waals surface area (Å²) in [6.07, 6.45) is -2.28. The molecule has 0 radical (unpaired) electrons. The first-order chi connectivity index (χ1) is 8.08. The van der Waals surface area contributed by atoms with Crippen molar-refractivity contribution in [3.63, 3.8) is 0 Å². The van der Waals surface area contributed by atoms with E-state index in [4.69, 9.17) is 16.9 Å². The monoisotopic (exact) mass is 257 g/mol. The van der Waals surface area contributed by atoms with E-state index in [1.54, 1.807) is 13.0 Å². The maximum absolute atomic E-state index is 13.3. The number of nitrogens with zero attached hydrogens (tertiary/aromatic N) is 1. The molecular formula is C11H9ClFNO3. The smallest absolute Gasteiger partial charge is 0.381 e. The standard InChI is InChI=1S/C11H9ClFNO3/c1-2-16-11(15)10(13)17-9-5-8(12)4-3-7(9)6-14/h3-5,10H,2H2,1H3. The summed E-state index contributed by atoms with van der Waals surface area (Å²) >= 11 is 5.67. The molecule has 0 heterocycles. The second-order valence-corrected chi connectivity index (χ2v) is 3.37. The van der Waals surface area contributed by atoms with Gasteiger partial charge in [-0.15, -0.1) is 0 Å². The molecule has 0 saturated carbocycles. The zero-order valence-corrected chi connectivity index (χ0v) is 9.70. The van der Waals surface area contributed by atoms with Crippen LogP contribution in [0.4, 0.5) is 4.39 Å². The number of halogens is 2. The molecule has 17 heavy (non-hydrogen) atoms. The van der Waals surface area contributed by atoms with Crippen molar-refractivity contribution < 1.29 is 18.7 Å². The number of carbonyl (C=O) groups excluding carboxylic acids is 1. The summed E-state index contributed by atoms with van der Waals surface area (Å²) < 4.78 is 22.4. The molecule has 1 aromatic rings. The molecule has 6 heteroatoms. The van der Waals surface area contributed by atoms with Crippen LogP contribution < -0.4 is 4.74 Å². The van der Waals surface area contributed by atoms with Crippen LogP contribution in [0.15, 0.2) is 18.2 Å². The third-order valence-electron chi connectivity index (χ3n) is 1.77. The van der Waals surface area contributed by atoms with E-state index in [1.165, 1.54) is 18.2 Å². The van der Waals surface area contributed by atoms with Crippen molar-refractivity contribution in [1.29, 1.82) is 5.26 Å². The van der Waals surface area contributed by atoms with Gasteiger partial charge in [0.25, 0.3) is 0 Å². The van der Waals surface area contributed by atoms with Crippen molar-refractivity contribution in [3.05, 3.63) is 28.8 Å². The van der Waals surface area contributed by atoms with Gasteiger partial charge < -0.3 is 9.47 Å². The second-order valence-electron chi connectivity index (χ2n) is 2.94. The number of nitriles is 1. The zero-order valence-electron chi connectivity index (χ0n) is 8.94. The molecule has 1 aromatic carbocycles. The number of hydrogen-bond donors (Lipinski definition) is 0. The number of benzene rings is 1. The Bertz CT molecular complexity index is 459. The molecule has 1 unspecified atom stereocenters. The van der Waals surface area contributed by atoms with Gasteiger partial charge in [-0.05, 0) is 19.1 Å². The molecule has 4 nitrogen and oxygen atoms in total. The second kappa shape index (κ2) is 6.06. The highest BCUT2D eigenvalue weighted by Gasteiger charge is 2.21. The largest absolute Gasteiger partial charge is 0.461 e. The Morgan fingerprint density at radius 3 is 2.94 bits per heavy atom. The molecular weight excluding hydrogens is 249 g/mol. The van der Waals surface area contributed by atoms with Crippen molar-refractivity contribution in [3.8, 4) is 11.8 Å². The van der Waals surface area contributed by atoms with Gasteiger partial charge in [-0.1, -0.05) is 11.6 Å². The Labute approximate surface area is 103 Å². The summed E-state index contributed by atoms with van der Waals surface area (Å²) in [6.45, 7) is 1.59. The van der Waals surface area contributed by atoms with Crippen molar-refractivity contribution in [2.75, 3.05) is 6.61 Å².